The standard InChI is InChI=1S/C21H24Cl2N6O2/c1-30-17-7-3-5-15(13-17)24-19-26-20(25-16-6-4-8-18(14-16)31-2)28-21(27-19)29(11-9-22)12-10-23/h3-8,13-14H,9-12H2,1-2H3,(H2,24,25,26,27,28). The van der Waals surface area contributed by atoms with Crippen LogP contribution in [0.3, 0.4) is 0 Å². The Morgan fingerprint density at radius 3 is 1.68 bits per heavy atom. The van der Waals surface area contributed by atoms with Gasteiger partial charge in [-0.05, 0) is 24.3 Å². The minimum absolute atomic E-state index is 0.373. The van der Waals surface area contributed by atoms with Crippen LogP contribution in [0.1, 0.15) is 0 Å². The van der Waals surface area contributed by atoms with Crippen molar-refractivity contribution < 1.29 is 9.47 Å². The van der Waals surface area contributed by atoms with Crippen molar-refractivity contribution >= 4 is 52.4 Å². The van der Waals surface area contributed by atoms with Crippen molar-refractivity contribution in [2.45, 2.75) is 0 Å². The van der Waals surface area contributed by atoms with E-state index < -0.39 is 0 Å². The molecule has 0 amide bonds. The Bertz CT molecular complexity index is 918. The van der Waals surface area contributed by atoms with E-state index in [4.69, 9.17) is 32.7 Å². The zero-order valence-electron chi connectivity index (χ0n) is 17.3. The van der Waals surface area contributed by atoms with Gasteiger partial charge in [-0.25, -0.2) is 0 Å². The fourth-order valence-electron chi connectivity index (χ4n) is 2.79. The lowest BCUT2D eigenvalue weighted by Crippen LogP contribution is -2.30. The van der Waals surface area contributed by atoms with E-state index in [1.807, 2.05) is 53.4 Å². The van der Waals surface area contributed by atoms with E-state index in [0.717, 1.165) is 22.9 Å². The first-order valence-electron chi connectivity index (χ1n) is 9.60. The summed E-state index contributed by atoms with van der Waals surface area (Å²) >= 11 is 11.9. The van der Waals surface area contributed by atoms with Gasteiger partial charge in [0.2, 0.25) is 17.8 Å². The maximum atomic E-state index is 5.97. The number of benzene rings is 2. The van der Waals surface area contributed by atoms with Crippen molar-refractivity contribution in [2.75, 3.05) is 54.6 Å². The Morgan fingerprint density at radius 1 is 0.774 bits per heavy atom. The van der Waals surface area contributed by atoms with Gasteiger partial charge in [0, 0.05) is 48.4 Å². The zero-order chi connectivity index (χ0) is 22.1. The summed E-state index contributed by atoms with van der Waals surface area (Å²) in [6.45, 7) is 1.10. The molecule has 0 saturated carbocycles. The number of rotatable bonds is 11. The molecule has 0 aliphatic heterocycles. The highest BCUT2D eigenvalue weighted by Gasteiger charge is 2.14. The van der Waals surface area contributed by atoms with Crippen LogP contribution in [-0.2, 0) is 0 Å². The predicted octanol–water partition coefficient (Wildman–Crippen LogP) is 4.66. The van der Waals surface area contributed by atoms with Crippen molar-refractivity contribution in [2.24, 2.45) is 0 Å². The lowest BCUT2D eigenvalue weighted by molar-refractivity contribution is 0.415. The molecule has 0 aliphatic carbocycles. The predicted molar refractivity (Wildman–Crippen MR) is 126 cm³/mol. The maximum absolute atomic E-state index is 5.97. The number of anilines is 5. The molecule has 2 N–H and O–H groups in total. The summed E-state index contributed by atoms with van der Waals surface area (Å²) in [6, 6.07) is 15.0. The number of aromatic nitrogens is 3. The second-order valence-corrected chi connectivity index (χ2v) is 7.12. The fourth-order valence-corrected chi connectivity index (χ4v) is 3.20. The molecule has 3 rings (SSSR count). The topological polar surface area (TPSA) is 84.4 Å². The highest BCUT2D eigenvalue weighted by Crippen LogP contribution is 2.24. The second-order valence-electron chi connectivity index (χ2n) is 6.36. The number of nitrogens with zero attached hydrogens (tertiary/aromatic N) is 4. The lowest BCUT2D eigenvalue weighted by Gasteiger charge is -2.21. The third-order valence-corrected chi connectivity index (χ3v) is 4.61. The first-order chi connectivity index (χ1) is 15.1. The van der Waals surface area contributed by atoms with Crippen LogP contribution < -0.4 is 25.0 Å². The summed E-state index contributed by atoms with van der Waals surface area (Å²) in [4.78, 5) is 15.6. The van der Waals surface area contributed by atoms with Gasteiger partial charge in [-0.3, -0.25) is 0 Å². The summed E-state index contributed by atoms with van der Waals surface area (Å²) < 4.78 is 10.6. The molecule has 31 heavy (non-hydrogen) atoms. The number of halogens is 2. The summed E-state index contributed by atoms with van der Waals surface area (Å²) in [7, 11) is 3.24. The molecule has 3 aromatic rings. The molecule has 1 aromatic heterocycles. The van der Waals surface area contributed by atoms with Crippen LogP contribution in [0, 0.1) is 0 Å². The fraction of sp³-hybridized carbons (Fsp3) is 0.286. The van der Waals surface area contributed by atoms with Crippen molar-refractivity contribution in [1.29, 1.82) is 0 Å². The molecule has 0 aliphatic rings. The number of alkyl halides is 2. The molecule has 0 spiro atoms. The van der Waals surface area contributed by atoms with Gasteiger partial charge in [0.05, 0.1) is 14.2 Å². The third kappa shape index (κ3) is 6.50. The molecule has 10 heteroatoms. The number of nitrogens with one attached hydrogen (secondary N) is 2. The SMILES string of the molecule is COc1cccc(Nc2nc(Nc3cccc(OC)c3)nc(N(CCCl)CCCl)n2)c1. The molecule has 0 atom stereocenters. The van der Waals surface area contributed by atoms with Crippen LogP contribution in [0.2, 0.25) is 0 Å². The highest BCUT2D eigenvalue weighted by atomic mass is 35.5. The maximum Gasteiger partial charge on any atom is 0.233 e. The van der Waals surface area contributed by atoms with Gasteiger partial charge < -0.3 is 25.0 Å². The molecular formula is C21H24Cl2N6O2. The van der Waals surface area contributed by atoms with Gasteiger partial charge >= 0.3 is 0 Å². The molecule has 164 valence electrons. The zero-order valence-corrected chi connectivity index (χ0v) is 18.8. The first kappa shape index (κ1) is 22.7. The molecule has 0 fully saturated rings. The molecule has 0 saturated heterocycles. The van der Waals surface area contributed by atoms with Gasteiger partial charge in [-0.1, -0.05) is 12.1 Å². The van der Waals surface area contributed by atoms with Crippen LogP contribution in [0.15, 0.2) is 48.5 Å². The Morgan fingerprint density at radius 2 is 1.26 bits per heavy atom. The van der Waals surface area contributed by atoms with Crippen LogP contribution in [0.25, 0.3) is 0 Å². The van der Waals surface area contributed by atoms with Crippen molar-refractivity contribution in [3.63, 3.8) is 0 Å². The van der Waals surface area contributed by atoms with E-state index in [1.165, 1.54) is 0 Å². The van der Waals surface area contributed by atoms with E-state index in [9.17, 15) is 0 Å². The summed E-state index contributed by atoms with van der Waals surface area (Å²) in [5, 5.41) is 6.41. The number of ether oxygens (including phenoxy) is 2. The molecule has 0 radical (unpaired) electrons. The monoisotopic (exact) mass is 462 g/mol. The summed E-state index contributed by atoms with van der Waals surface area (Å²) in [5.41, 5.74) is 1.56. The van der Waals surface area contributed by atoms with Gasteiger partial charge in [-0.2, -0.15) is 15.0 Å². The van der Waals surface area contributed by atoms with Gasteiger partial charge in [0.15, 0.2) is 0 Å². The number of hydrogen-bond donors (Lipinski definition) is 2. The van der Waals surface area contributed by atoms with E-state index >= 15 is 0 Å². The van der Waals surface area contributed by atoms with Crippen molar-refractivity contribution in [3.05, 3.63) is 48.5 Å². The molecule has 1 heterocycles. The van der Waals surface area contributed by atoms with Gasteiger partial charge in [0.25, 0.3) is 0 Å². The molecular weight excluding hydrogens is 439 g/mol. The largest absolute Gasteiger partial charge is 0.497 e. The smallest absolute Gasteiger partial charge is 0.233 e. The van der Waals surface area contributed by atoms with Crippen LogP contribution in [-0.4, -0.2) is 54.0 Å². The minimum Gasteiger partial charge on any atom is -0.497 e. The lowest BCUT2D eigenvalue weighted by atomic mass is 10.3. The van der Waals surface area contributed by atoms with E-state index in [1.54, 1.807) is 14.2 Å². The average Bonchev–Trinajstić information content (AvgIpc) is 2.79. The normalized spacial score (nSPS) is 10.5. The summed E-state index contributed by atoms with van der Waals surface area (Å²) in [5.74, 6) is 3.49. The third-order valence-electron chi connectivity index (χ3n) is 4.27. The summed E-state index contributed by atoms with van der Waals surface area (Å²) in [6.07, 6.45) is 0. The van der Waals surface area contributed by atoms with Crippen molar-refractivity contribution in [1.82, 2.24) is 15.0 Å². The molecule has 0 unspecified atom stereocenters. The van der Waals surface area contributed by atoms with Crippen LogP contribution in [0.4, 0.5) is 29.2 Å². The molecule has 0 bridgehead atoms. The van der Waals surface area contributed by atoms with Gasteiger partial charge in [0.1, 0.15) is 11.5 Å². The quantitative estimate of drug-likeness (QED) is 0.398. The highest BCUT2D eigenvalue weighted by molar-refractivity contribution is 6.18. The molecule has 2 aromatic carbocycles. The second kappa shape index (κ2) is 11.4. The Hall–Kier alpha value is -2.97. The van der Waals surface area contributed by atoms with Crippen molar-refractivity contribution in [3.8, 4) is 11.5 Å². The Kier molecular flexibility index (Phi) is 8.37. The first-order valence-corrected chi connectivity index (χ1v) is 10.7. The van der Waals surface area contributed by atoms with Crippen LogP contribution >= 0.6 is 23.2 Å². The number of hydrogen-bond acceptors (Lipinski definition) is 8. The molecule has 8 nitrogen and oxygen atoms in total. The number of methoxy groups -OCH3 is 2. The van der Waals surface area contributed by atoms with Crippen LogP contribution in [0.5, 0.6) is 11.5 Å². The van der Waals surface area contributed by atoms with Gasteiger partial charge in [-0.15, -0.1) is 23.2 Å². The Labute approximate surface area is 191 Å². The minimum atomic E-state index is 0.373. The Balaban J connectivity index is 1.95. The van der Waals surface area contributed by atoms with E-state index in [2.05, 4.69) is 25.6 Å². The van der Waals surface area contributed by atoms with E-state index in [-0.39, 0.29) is 0 Å². The van der Waals surface area contributed by atoms with E-state index in [0.29, 0.717) is 42.7 Å². The average molecular weight is 463 g/mol.